The third-order valence-electron chi connectivity index (χ3n) is 4.62. The summed E-state index contributed by atoms with van der Waals surface area (Å²) < 4.78 is 5.64. The quantitative estimate of drug-likeness (QED) is 0.463. The average Bonchev–Trinajstić information content (AvgIpc) is 3.16. The van der Waals surface area contributed by atoms with Gasteiger partial charge in [-0.2, -0.15) is 5.10 Å². The fraction of sp³-hybridized carbons (Fsp3) is 0.208. The first kappa shape index (κ1) is 21.0. The van der Waals surface area contributed by atoms with E-state index in [9.17, 15) is 14.7 Å². The third kappa shape index (κ3) is 5.23. The van der Waals surface area contributed by atoms with Crippen molar-refractivity contribution in [3.8, 4) is 11.3 Å². The van der Waals surface area contributed by atoms with Crippen LogP contribution in [0.25, 0.3) is 11.3 Å². The molecule has 30 heavy (non-hydrogen) atoms. The summed E-state index contributed by atoms with van der Waals surface area (Å²) in [6.45, 7) is 6.43. The van der Waals surface area contributed by atoms with E-state index in [1.807, 2.05) is 24.3 Å². The number of carboxylic acids is 1. The molecule has 0 unspecified atom stereocenters. The Kier molecular flexibility index (Phi) is 6.16. The van der Waals surface area contributed by atoms with Crippen molar-refractivity contribution in [1.82, 2.24) is 5.43 Å². The van der Waals surface area contributed by atoms with Crippen LogP contribution in [0.4, 0.5) is 0 Å². The summed E-state index contributed by atoms with van der Waals surface area (Å²) >= 11 is 0. The van der Waals surface area contributed by atoms with E-state index in [1.54, 1.807) is 30.3 Å². The zero-order valence-electron chi connectivity index (χ0n) is 17.2. The molecule has 0 atom stereocenters. The molecule has 0 fully saturated rings. The second-order valence-corrected chi connectivity index (χ2v) is 7.97. The van der Waals surface area contributed by atoms with E-state index in [0.29, 0.717) is 17.1 Å². The number of hydrogen-bond acceptors (Lipinski definition) is 4. The SMILES string of the molecule is CC(C)(C)c1ccc(CC(=O)N/N=C\c2ccc(-c3ccccc3C(=O)O)o2)cc1. The van der Waals surface area contributed by atoms with Crippen LogP contribution in [0.5, 0.6) is 0 Å². The van der Waals surface area contributed by atoms with Gasteiger partial charge in [0, 0.05) is 5.56 Å². The molecule has 6 nitrogen and oxygen atoms in total. The number of nitrogens with zero attached hydrogens (tertiary/aromatic N) is 1. The maximum Gasteiger partial charge on any atom is 0.336 e. The lowest BCUT2D eigenvalue weighted by atomic mass is 9.86. The molecule has 0 aliphatic carbocycles. The number of rotatable bonds is 6. The van der Waals surface area contributed by atoms with Crippen LogP contribution < -0.4 is 5.43 Å². The van der Waals surface area contributed by atoms with Gasteiger partial charge in [-0.1, -0.05) is 63.2 Å². The Morgan fingerprint density at radius 2 is 1.73 bits per heavy atom. The number of carbonyl (C=O) groups excluding carboxylic acids is 1. The highest BCUT2D eigenvalue weighted by Crippen LogP contribution is 2.25. The minimum absolute atomic E-state index is 0.0674. The second-order valence-electron chi connectivity index (χ2n) is 7.97. The fourth-order valence-corrected chi connectivity index (χ4v) is 2.97. The third-order valence-corrected chi connectivity index (χ3v) is 4.62. The van der Waals surface area contributed by atoms with Gasteiger partial charge in [-0.3, -0.25) is 4.79 Å². The molecule has 6 heteroatoms. The van der Waals surface area contributed by atoms with Crippen LogP contribution >= 0.6 is 0 Å². The normalized spacial score (nSPS) is 11.6. The number of benzene rings is 2. The average molecular weight is 404 g/mol. The smallest absolute Gasteiger partial charge is 0.336 e. The molecule has 2 N–H and O–H groups in total. The Morgan fingerprint density at radius 3 is 2.40 bits per heavy atom. The predicted molar refractivity (Wildman–Crippen MR) is 116 cm³/mol. The van der Waals surface area contributed by atoms with Crippen LogP contribution in [-0.2, 0) is 16.6 Å². The minimum Gasteiger partial charge on any atom is -0.478 e. The van der Waals surface area contributed by atoms with Gasteiger partial charge in [0.05, 0.1) is 18.2 Å². The molecular weight excluding hydrogens is 380 g/mol. The molecule has 1 amide bonds. The lowest BCUT2D eigenvalue weighted by molar-refractivity contribution is -0.120. The second kappa shape index (κ2) is 8.78. The Labute approximate surface area is 175 Å². The molecule has 2 aromatic carbocycles. The Balaban J connectivity index is 1.60. The summed E-state index contributed by atoms with van der Waals surface area (Å²) in [6.07, 6.45) is 1.60. The van der Waals surface area contributed by atoms with Gasteiger partial charge in [0.25, 0.3) is 0 Å². The molecule has 3 rings (SSSR count). The van der Waals surface area contributed by atoms with Crippen molar-refractivity contribution in [1.29, 1.82) is 0 Å². The first-order valence-corrected chi connectivity index (χ1v) is 9.58. The van der Waals surface area contributed by atoms with Crippen molar-refractivity contribution in [2.24, 2.45) is 5.10 Å². The fourth-order valence-electron chi connectivity index (χ4n) is 2.97. The molecule has 3 aromatic rings. The zero-order valence-corrected chi connectivity index (χ0v) is 17.2. The van der Waals surface area contributed by atoms with E-state index in [2.05, 4.69) is 31.3 Å². The summed E-state index contributed by atoms with van der Waals surface area (Å²) in [7, 11) is 0. The summed E-state index contributed by atoms with van der Waals surface area (Å²) in [5, 5.41) is 13.2. The molecule has 0 bridgehead atoms. The van der Waals surface area contributed by atoms with Crippen LogP contribution in [0, 0.1) is 0 Å². The highest BCUT2D eigenvalue weighted by atomic mass is 16.4. The van der Waals surface area contributed by atoms with Gasteiger partial charge in [0.15, 0.2) is 0 Å². The lowest BCUT2D eigenvalue weighted by Gasteiger charge is -2.19. The molecular formula is C24H24N2O4. The molecule has 0 saturated heterocycles. The van der Waals surface area contributed by atoms with Gasteiger partial charge in [-0.25, -0.2) is 10.2 Å². The highest BCUT2D eigenvalue weighted by molar-refractivity contribution is 5.95. The van der Waals surface area contributed by atoms with Crippen molar-refractivity contribution in [2.75, 3.05) is 0 Å². The topological polar surface area (TPSA) is 91.9 Å². The number of carboxylic acid groups (broad SMARTS) is 1. The number of furan rings is 1. The zero-order chi connectivity index (χ0) is 21.7. The van der Waals surface area contributed by atoms with Crippen molar-refractivity contribution < 1.29 is 19.1 Å². The van der Waals surface area contributed by atoms with E-state index in [4.69, 9.17) is 4.42 Å². The van der Waals surface area contributed by atoms with Crippen LogP contribution in [0.2, 0.25) is 0 Å². The van der Waals surface area contributed by atoms with Crippen LogP contribution in [0.15, 0.2) is 70.2 Å². The van der Waals surface area contributed by atoms with E-state index >= 15 is 0 Å². The summed E-state index contributed by atoms with van der Waals surface area (Å²) in [4.78, 5) is 23.5. The Morgan fingerprint density at radius 1 is 1.03 bits per heavy atom. The van der Waals surface area contributed by atoms with Gasteiger partial charge in [-0.15, -0.1) is 0 Å². The van der Waals surface area contributed by atoms with E-state index in [0.717, 1.165) is 5.56 Å². The highest BCUT2D eigenvalue weighted by Gasteiger charge is 2.14. The maximum atomic E-state index is 12.1. The minimum atomic E-state index is -1.03. The predicted octanol–water partition coefficient (Wildman–Crippen LogP) is 4.64. The molecule has 0 radical (unpaired) electrons. The molecule has 1 heterocycles. The number of hydrogen-bond donors (Lipinski definition) is 2. The van der Waals surface area contributed by atoms with Gasteiger partial charge in [0.2, 0.25) is 5.91 Å². The Bertz CT molecular complexity index is 1070. The largest absolute Gasteiger partial charge is 0.478 e. The molecule has 0 aliphatic heterocycles. The van der Waals surface area contributed by atoms with Gasteiger partial charge >= 0.3 is 5.97 Å². The molecule has 0 saturated carbocycles. The number of nitrogens with one attached hydrogen (secondary N) is 1. The van der Waals surface area contributed by atoms with Crippen molar-refractivity contribution in [2.45, 2.75) is 32.6 Å². The summed E-state index contributed by atoms with van der Waals surface area (Å²) in [5.74, 6) is -0.447. The van der Waals surface area contributed by atoms with E-state index in [-0.39, 0.29) is 23.3 Å². The van der Waals surface area contributed by atoms with Crippen molar-refractivity contribution in [3.05, 3.63) is 83.1 Å². The van der Waals surface area contributed by atoms with Crippen molar-refractivity contribution >= 4 is 18.1 Å². The number of carbonyl (C=O) groups is 2. The van der Waals surface area contributed by atoms with Crippen molar-refractivity contribution in [3.63, 3.8) is 0 Å². The standard InChI is InChI=1S/C24H24N2O4/c1-24(2,3)17-10-8-16(9-11-17)14-22(27)26-25-15-18-12-13-21(30-18)19-6-4-5-7-20(19)23(28)29/h4-13,15H,14H2,1-3H3,(H,26,27)(H,28,29)/b25-15-. The molecule has 154 valence electrons. The molecule has 0 aliphatic rings. The maximum absolute atomic E-state index is 12.1. The Hall–Kier alpha value is -3.67. The van der Waals surface area contributed by atoms with E-state index in [1.165, 1.54) is 17.8 Å². The van der Waals surface area contributed by atoms with Crippen LogP contribution in [-0.4, -0.2) is 23.2 Å². The van der Waals surface area contributed by atoms with E-state index < -0.39 is 5.97 Å². The first-order valence-electron chi connectivity index (χ1n) is 9.58. The number of hydrazone groups is 1. The lowest BCUT2D eigenvalue weighted by Crippen LogP contribution is -2.20. The van der Waals surface area contributed by atoms with Gasteiger partial charge < -0.3 is 9.52 Å². The molecule has 0 spiro atoms. The monoisotopic (exact) mass is 404 g/mol. The number of amides is 1. The summed E-state index contributed by atoms with van der Waals surface area (Å²) in [6, 6.07) is 17.9. The summed E-state index contributed by atoms with van der Waals surface area (Å²) in [5.41, 5.74) is 5.29. The van der Waals surface area contributed by atoms with Crippen LogP contribution in [0.3, 0.4) is 0 Å². The van der Waals surface area contributed by atoms with Gasteiger partial charge in [0.1, 0.15) is 11.5 Å². The van der Waals surface area contributed by atoms with Crippen LogP contribution in [0.1, 0.15) is 48.0 Å². The van der Waals surface area contributed by atoms with Gasteiger partial charge in [-0.05, 0) is 34.7 Å². The first-order chi connectivity index (χ1) is 14.2. The number of aromatic carboxylic acids is 1. The molecule has 1 aromatic heterocycles.